The lowest BCUT2D eigenvalue weighted by Gasteiger charge is -2.25. The summed E-state index contributed by atoms with van der Waals surface area (Å²) in [6, 6.07) is 15.6. The van der Waals surface area contributed by atoms with Crippen molar-refractivity contribution >= 4 is 11.9 Å². The predicted octanol–water partition coefficient (Wildman–Crippen LogP) is 1.59. The quantitative estimate of drug-likeness (QED) is 0.826. The Labute approximate surface area is 109 Å². The molecule has 0 saturated heterocycles. The molecule has 1 unspecified atom stereocenters. The number of carbonyl (C=O) groups is 2. The Hall–Kier alpha value is -2.62. The van der Waals surface area contributed by atoms with Crippen LogP contribution in [0.2, 0.25) is 0 Å². The Bertz CT molecular complexity index is 666. The molecule has 19 heavy (non-hydrogen) atoms. The summed E-state index contributed by atoms with van der Waals surface area (Å²) in [5.74, 6) is -1.23. The Kier molecular flexibility index (Phi) is 2.38. The summed E-state index contributed by atoms with van der Waals surface area (Å²) >= 11 is 0. The minimum absolute atomic E-state index is 0.380. The van der Waals surface area contributed by atoms with E-state index in [-0.39, 0.29) is 0 Å². The van der Waals surface area contributed by atoms with Crippen LogP contribution in [-0.2, 0) is 15.1 Å². The van der Waals surface area contributed by atoms with Gasteiger partial charge in [-0.05, 0) is 6.07 Å². The highest BCUT2D eigenvalue weighted by Crippen LogP contribution is 2.41. The highest BCUT2D eigenvalue weighted by atomic mass is 16.6. The molecule has 1 heterocycles. The molecule has 0 radical (unpaired) electrons. The summed E-state index contributed by atoms with van der Waals surface area (Å²) in [7, 11) is 0. The van der Waals surface area contributed by atoms with Gasteiger partial charge >= 0.3 is 5.97 Å². The molecule has 3 rings (SSSR count). The van der Waals surface area contributed by atoms with Gasteiger partial charge in [-0.3, -0.25) is 4.79 Å². The van der Waals surface area contributed by atoms with Crippen molar-refractivity contribution in [1.82, 2.24) is 0 Å². The first kappa shape index (κ1) is 11.5. The van der Waals surface area contributed by atoms with Crippen LogP contribution in [0.25, 0.3) is 0 Å². The molecule has 0 bridgehead atoms. The van der Waals surface area contributed by atoms with Gasteiger partial charge in [0.05, 0.1) is 5.56 Å². The van der Waals surface area contributed by atoms with Gasteiger partial charge in [-0.2, -0.15) is 0 Å². The Balaban J connectivity index is 2.31. The van der Waals surface area contributed by atoms with Gasteiger partial charge in [0.15, 0.2) is 0 Å². The van der Waals surface area contributed by atoms with Crippen LogP contribution in [0.5, 0.6) is 0 Å². The van der Waals surface area contributed by atoms with Crippen molar-refractivity contribution in [1.29, 1.82) is 0 Å². The molecule has 0 aliphatic carbocycles. The second kappa shape index (κ2) is 3.95. The average Bonchev–Trinajstić information content (AvgIpc) is 2.75. The lowest BCUT2D eigenvalue weighted by Crippen LogP contribution is -2.42. The van der Waals surface area contributed by atoms with Crippen LogP contribution in [0.1, 0.15) is 21.5 Å². The van der Waals surface area contributed by atoms with E-state index in [9.17, 15) is 9.59 Å². The highest BCUT2D eigenvalue weighted by Gasteiger charge is 2.51. The van der Waals surface area contributed by atoms with Crippen molar-refractivity contribution in [2.45, 2.75) is 5.60 Å². The van der Waals surface area contributed by atoms with Crippen LogP contribution >= 0.6 is 0 Å². The standard InChI is InChI=1S/C15H11NO3/c16-14(18)15(10-6-2-1-3-7-10)12-9-5-4-8-11(12)13(17)19-15/h1-9H,(H2,16,18). The molecule has 1 amide bonds. The zero-order valence-electron chi connectivity index (χ0n) is 10.00. The van der Waals surface area contributed by atoms with Crippen molar-refractivity contribution in [3.8, 4) is 0 Å². The first-order valence-electron chi connectivity index (χ1n) is 5.84. The third-order valence-electron chi connectivity index (χ3n) is 3.30. The monoisotopic (exact) mass is 253 g/mol. The van der Waals surface area contributed by atoms with Crippen molar-refractivity contribution in [3.63, 3.8) is 0 Å². The molecule has 1 atom stereocenters. The minimum atomic E-state index is -1.52. The van der Waals surface area contributed by atoms with E-state index in [0.29, 0.717) is 16.7 Å². The SMILES string of the molecule is NC(=O)C1(c2ccccc2)OC(=O)c2ccccc21. The molecule has 0 spiro atoms. The smallest absolute Gasteiger partial charge is 0.340 e. The number of cyclic esters (lactones) is 1. The number of ether oxygens (including phenoxy) is 1. The van der Waals surface area contributed by atoms with Crippen molar-refractivity contribution in [2.75, 3.05) is 0 Å². The van der Waals surface area contributed by atoms with E-state index in [1.54, 1.807) is 48.5 Å². The van der Waals surface area contributed by atoms with E-state index in [1.807, 2.05) is 6.07 Å². The van der Waals surface area contributed by atoms with Crippen LogP contribution in [0.4, 0.5) is 0 Å². The van der Waals surface area contributed by atoms with Gasteiger partial charge < -0.3 is 10.5 Å². The molecule has 1 aliphatic rings. The highest BCUT2D eigenvalue weighted by molar-refractivity contribution is 6.03. The molecule has 0 fully saturated rings. The number of nitrogens with two attached hydrogens (primary N) is 1. The fourth-order valence-electron chi connectivity index (χ4n) is 2.43. The summed E-state index contributed by atoms with van der Waals surface area (Å²) in [6.45, 7) is 0. The number of esters is 1. The number of amides is 1. The largest absolute Gasteiger partial charge is 0.435 e. The van der Waals surface area contributed by atoms with Crippen LogP contribution in [0, 0.1) is 0 Å². The number of fused-ring (bicyclic) bond motifs is 1. The van der Waals surface area contributed by atoms with Gasteiger partial charge in [-0.25, -0.2) is 4.79 Å². The van der Waals surface area contributed by atoms with E-state index in [0.717, 1.165) is 0 Å². The topological polar surface area (TPSA) is 69.4 Å². The van der Waals surface area contributed by atoms with E-state index in [1.165, 1.54) is 0 Å². The van der Waals surface area contributed by atoms with Gasteiger partial charge in [0, 0.05) is 11.1 Å². The normalized spacial score (nSPS) is 20.7. The molecule has 4 nitrogen and oxygen atoms in total. The fraction of sp³-hybridized carbons (Fsp3) is 0.0667. The van der Waals surface area contributed by atoms with Gasteiger partial charge in [-0.15, -0.1) is 0 Å². The second-order valence-electron chi connectivity index (χ2n) is 4.35. The maximum absolute atomic E-state index is 12.0. The van der Waals surface area contributed by atoms with Crippen molar-refractivity contribution < 1.29 is 14.3 Å². The number of carbonyl (C=O) groups excluding carboxylic acids is 2. The average molecular weight is 253 g/mol. The second-order valence-corrected chi connectivity index (χ2v) is 4.35. The fourth-order valence-corrected chi connectivity index (χ4v) is 2.43. The van der Waals surface area contributed by atoms with Crippen LogP contribution in [0.15, 0.2) is 54.6 Å². The maximum atomic E-state index is 12.0. The van der Waals surface area contributed by atoms with Gasteiger partial charge in [0.1, 0.15) is 0 Å². The Morgan fingerprint density at radius 2 is 1.63 bits per heavy atom. The first-order valence-corrected chi connectivity index (χ1v) is 5.84. The molecular formula is C15H11NO3. The zero-order valence-corrected chi connectivity index (χ0v) is 10.00. The van der Waals surface area contributed by atoms with Crippen LogP contribution in [0.3, 0.4) is 0 Å². The number of primary amides is 1. The molecule has 4 heteroatoms. The van der Waals surface area contributed by atoms with Crippen LogP contribution < -0.4 is 5.73 Å². The summed E-state index contributed by atoms with van der Waals surface area (Å²) < 4.78 is 5.35. The lowest BCUT2D eigenvalue weighted by atomic mass is 9.85. The molecule has 0 saturated carbocycles. The molecule has 2 aromatic rings. The van der Waals surface area contributed by atoms with Gasteiger partial charge in [-0.1, -0.05) is 48.5 Å². The number of hydrogen-bond acceptors (Lipinski definition) is 3. The van der Waals surface area contributed by atoms with Crippen molar-refractivity contribution in [2.24, 2.45) is 5.73 Å². The zero-order chi connectivity index (χ0) is 13.5. The third-order valence-corrected chi connectivity index (χ3v) is 3.30. The van der Waals surface area contributed by atoms with E-state index in [4.69, 9.17) is 10.5 Å². The van der Waals surface area contributed by atoms with Gasteiger partial charge in [0.25, 0.3) is 5.91 Å². The Morgan fingerprint density at radius 1 is 1.00 bits per heavy atom. The summed E-state index contributed by atoms with van der Waals surface area (Å²) in [4.78, 5) is 23.9. The maximum Gasteiger partial charge on any atom is 0.340 e. The summed E-state index contributed by atoms with van der Waals surface area (Å²) in [6.07, 6.45) is 0. The molecule has 2 N–H and O–H groups in total. The van der Waals surface area contributed by atoms with E-state index >= 15 is 0 Å². The first-order chi connectivity index (χ1) is 9.16. The predicted molar refractivity (Wildman–Crippen MR) is 68.3 cm³/mol. The molecular weight excluding hydrogens is 242 g/mol. The molecule has 2 aromatic carbocycles. The minimum Gasteiger partial charge on any atom is -0.435 e. The third kappa shape index (κ3) is 1.46. The molecule has 94 valence electrons. The van der Waals surface area contributed by atoms with Gasteiger partial charge in [0.2, 0.25) is 5.60 Å². The lowest BCUT2D eigenvalue weighted by molar-refractivity contribution is -0.132. The molecule has 0 aromatic heterocycles. The summed E-state index contributed by atoms with van der Waals surface area (Å²) in [5.41, 5.74) is 5.44. The van der Waals surface area contributed by atoms with E-state index in [2.05, 4.69) is 0 Å². The number of hydrogen-bond donors (Lipinski definition) is 1. The van der Waals surface area contributed by atoms with Crippen molar-refractivity contribution in [3.05, 3.63) is 71.3 Å². The Morgan fingerprint density at radius 3 is 2.32 bits per heavy atom. The number of benzene rings is 2. The summed E-state index contributed by atoms with van der Waals surface area (Å²) in [5, 5.41) is 0. The van der Waals surface area contributed by atoms with Crippen LogP contribution in [-0.4, -0.2) is 11.9 Å². The number of rotatable bonds is 2. The molecule has 1 aliphatic heterocycles. The van der Waals surface area contributed by atoms with E-state index < -0.39 is 17.5 Å².